The summed E-state index contributed by atoms with van der Waals surface area (Å²) in [5.41, 5.74) is 0.529. The molecule has 18 heavy (non-hydrogen) atoms. The maximum absolute atomic E-state index is 10.6. The van der Waals surface area contributed by atoms with E-state index in [1.54, 1.807) is 0 Å². The fraction of sp³-hybridized carbons (Fsp3) is 0.200. The molecule has 0 aliphatic carbocycles. The topological polar surface area (TPSA) is 88.0 Å². The molecule has 0 aliphatic rings. The molecule has 0 unspecified atom stereocenters. The SMILES string of the molecule is CCOc1cncc(-c2cnc(C(=O)[O-])s2)n1.[K+]. The number of thiazole rings is 1. The average Bonchev–Trinajstić information content (AvgIpc) is 2.79. The Bertz CT molecular complexity index is 547. The minimum Gasteiger partial charge on any atom is -0.542 e. The molecule has 0 aromatic carbocycles. The van der Waals surface area contributed by atoms with E-state index in [-0.39, 0.29) is 56.4 Å². The first-order chi connectivity index (χ1) is 8.20. The van der Waals surface area contributed by atoms with E-state index in [9.17, 15) is 9.90 Å². The fourth-order valence-electron chi connectivity index (χ4n) is 1.17. The number of hydrogen-bond donors (Lipinski definition) is 0. The summed E-state index contributed by atoms with van der Waals surface area (Å²) in [5.74, 6) is -0.899. The van der Waals surface area contributed by atoms with E-state index in [0.29, 0.717) is 23.1 Å². The summed E-state index contributed by atoms with van der Waals surface area (Å²) < 4.78 is 5.20. The summed E-state index contributed by atoms with van der Waals surface area (Å²) in [6.07, 6.45) is 4.44. The van der Waals surface area contributed by atoms with Gasteiger partial charge in [-0.05, 0) is 6.92 Å². The van der Waals surface area contributed by atoms with Crippen molar-refractivity contribution in [3.8, 4) is 16.5 Å². The van der Waals surface area contributed by atoms with E-state index in [1.807, 2.05) is 6.92 Å². The number of ether oxygens (including phenoxy) is 1. The van der Waals surface area contributed by atoms with Gasteiger partial charge in [-0.25, -0.2) is 9.97 Å². The van der Waals surface area contributed by atoms with E-state index in [2.05, 4.69) is 15.0 Å². The Hall–Kier alpha value is -0.384. The summed E-state index contributed by atoms with van der Waals surface area (Å²) in [6, 6.07) is 0. The van der Waals surface area contributed by atoms with Gasteiger partial charge in [-0.1, -0.05) is 0 Å². The summed E-state index contributed by atoms with van der Waals surface area (Å²) in [5, 5.41) is 10.5. The first-order valence-electron chi connectivity index (χ1n) is 4.83. The van der Waals surface area contributed by atoms with Crippen molar-refractivity contribution in [3.63, 3.8) is 0 Å². The molecule has 2 aromatic heterocycles. The predicted molar refractivity (Wildman–Crippen MR) is 58.6 cm³/mol. The summed E-state index contributed by atoms with van der Waals surface area (Å²) in [6.45, 7) is 2.33. The third-order valence-electron chi connectivity index (χ3n) is 1.84. The predicted octanol–water partition coefficient (Wildman–Crippen LogP) is -2.63. The number of aromatic nitrogens is 3. The van der Waals surface area contributed by atoms with Crippen LogP contribution in [0.15, 0.2) is 18.6 Å². The van der Waals surface area contributed by atoms with Gasteiger partial charge in [0, 0.05) is 6.20 Å². The first kappa shape index (κ1) is 15.7. The Morgan fingerprint density at radius 1 is 1.44 bits per heavy atom. The van der Waals surface area contributed by atoms with E-state index in [4.69, 9.17) is 4.74 Å². The zero-order valence-corrected chi connectivity index (χ0v) is 13.9. The van der Waals surface area contributed by atoms with Gasteiger partial charge in [0.15, 0.2) is 0 Å². The van der Waals surface area contributed by atoms with Crippen LogP contribution in [0.5, 0.6) is 5.88 Å². The summed E-state index contributed by atoms with van der Waals surface area (Å²) in [7, 11) is 0. The first-order valence-corrected chi connectivity index (χ1v) is 5.64. The minimum atomic E-state index is -1.30. The van der Waals surface area contributed by atoms with Crippen LogP contribution in [0.2, 0.25) is 0 Å². The van der Waals surface area contributed by atoms with Gasteiger partial charge >= 0.3 is 51.4 Å². The maximum atomic E-state index is 10.6. The van der Waals surface area contributed by atoms with Crippen molar-refractivity contribution in [2.45, 2.75) is 6.92 Å². The maximum Gasteiger partial charge on any atom is 1.00 e. The molecule has 0 aliphatic heterocycles. The van der Waals surface area contributed by atoms with E-state index < -0.39 is 5.97 Å². The van der Waals surface area contributed by atoms with E-state index >= 15 is 0 Å². The Kier molecular flexibility index (Phi) is 6.33. The molecule has 0 atom stereocenters. The molecule has 88 valence electrons. The molecule has 0 saturated heterocycles. The molecule has 0 spiro atoms. The zero-order chi connectivity index (χ0) is 12.3. The zero-order valence-electron chi connectivity index (χ0n) is 9.91. The number of carbonyl (C=O) groups is 1. The van der Waals surface area contributed by atoms with Crippen LogP contribution in [0.1, 0.15) is 16.7 Å². The minimum absolute atomic E-state index is 0. The monoisotopic (exact) mass is 289 g/mol. The van der Waals surface area contributed by atoms with Crippen LogP contribution in [0.25, 0.3) is 10.6 Å². The molecular weight excluding hydrogens is 281 g/mol. The van der Waals surface area contributed by atoms with E-state index in [1.165, 1.54) is 18.6 Å². The number of carboxylic acid groups (broad SMARTS) is 1. The number of carboxylic acids is 1. The molecule has 0 radical (unpaired) electrons. The smallest absolute Gasteiger partial charge is 0.542 e. The van der Waals surface area contributed by atoms with Gasteiger partial charge in [0.2, 0.25) is 5.88 Å². The number of carbonyl (C=O) groups excluding carboxylic acids is 1. The molecule has 8 heteroatoms. The van der Waals surface area contributed by atoms with Crippen LogP contribution in [-0.4, -0.2) is 27.5 Å². The van der Waals surface area contributed by atoms with Gasteiger partial charge in [-0.15, -0.1) is 11.3 Å². The largest absolute Gasteiger partial charge is 1.00 e. The molecule has 0 amide bonds. The summed E-state index contributed by atoms with van der Waals surface area (Å²) in [4.78, 5) is 23.1. The Labute approximate surface area is 150 Å². The molecule has 2 rings (SSSR count). The number of aromatic carboxylic acids is 1. The van der Waals surface area contributed by atoms with E-state index in [0.717, 1.165) is 11.3 Å². The van der Waals surface area contributed by atoms with Crippen LogP contribution in [0.4, 0.5) is 0 Å². The van der Waals surface area contributed by atoms with Crippen LogP contribution in [0, 0.1) is 0 Å². The van der Waals surface area contributed by atoms with Gasteiger partial charge in [0.25, 0.3) is 0 Å². The number of rotatable bonds is 4. The normalized spacial score (nSPS) is 9.61. The van der Waals surface area contributed by atoms with Crippen LogP contribution < -0.4 is 61.2 Å². The van der Waals surface area contributed by atoms with Gasteiger partial charge in [-0.3, -0.25) is 4.98 Å². The van der Waals surface area contributed by atoms with Crippen molar-refractivity contribution in [3.05, 3.63) is 23.6 Å². The number of nitrogens with zero attached hydrogens (tertiary/aromatic N) is 3. The van der Waals surface area contributed by atoms with Crippen LogP contribution in [0.3, 0.4) is 0 Å². The van der Waals surface area contributed by atoms with Gasteiger partial charge in [0.1, 0.15) is 16.7 Å². The average molecular weight is 289 g/mol. The number of hydrogen-bond acceptors (Lipinski definition) is 7. The molecule has 0 fully saturated rings. The second-order valence-corrected chi connectivity index (χ2v) is 4.02. The van der Waals surface area contributed by atoms with Crippen molar-refractivity contribution < 1.29 is 66.0 Å². The van der Waals surface area contributed by atoms with Crippen molar-refractivity contribution in [1.82, 2.24) is 15.0 Å². The third kappa shape index (κ3) is 3.80. The molecular formula is C10H8KN3O3S. The quantitative estimate of drug-likeness (QED) is 0.572. The summed E-state index contributed by atoms with van der Waals surface area (Å²) >= 11 is 0.990. The molecule has 2 aromatic rings. The Balaban J connectivity index is 0.00000162. The van der Waals surface area contributed by atoms with Gasteiger partial charge in [0.05, 0.1) is 23.9 Å². The van der Waals surface area contributed by atoms with Gasteiger partial charge < -0.3 is 14.6 Å². The second kappa shape index (κ2) is 7.27. The van der Waals surface area contributed by atoms with Crippen LogP contribution in [-0.2, 0) is 0 Å². The molecule has 0 N–H and O–H groups in total. The molecule has 6 nitrogen and oxygen atoms in total. The van der Waals surface area contributed by atoms with Crippen molar-refractivity contribution in [2.75, 3.05) is 6.61 Å². The second-order valence-electron chi connectivity index (χ2n) is 2.99. The fourth-order valence-corrected chi connectivity index (χ4v) is 1.88. The van der Waals surface area contributed by atoms with Gasteiger partial charge in [-0.2, -0.15) is 0 Å². The Morgan fingerprint density at radius 3 is 2.83 bits per heavy atom. The van der Waals surface area contributed by atoms with Crippen LogP contribution >= 0.6 is 11.3 Å². The van der Waals surface area contributed by atoms with Crippen molar-refractivity contribution in [1.29, 1.82) is 0 Å². The molecule has 2 heterocycles. The molecule has 0 saturated carbocycles. The standard InChI is InChI=1S/C10H9N3O3S.K/c1-2-16-8-5-11-3-6(13-8)7-4-12-9(17-7)10(14)15;/h3-5H,2H2,1H3,(H,14,15);/q;+1/p-1. The molecule has 0 bridgehead atoms. The third-order valence-corrected chi connectivity index (χ3v) is 2.84. The Morgan fingerprint density at radius 2 is 2.22 bits per heavy atom. The van der Waals surface area contributed by atoms with Crippen molar-refractivity contribution in [2.24, 2.45) is 0 Å². The van der Waals surface area contributed by atoms with Crippen molar-refractivity contribution >= 4 is 17.3 Å².